The predicted molar refractivity (Wildman–Crippen MR) is 96.8 cm³/mol. The summed E-state index contributed by atoms with van der Waals surface area (Å²) >= 11 is 1.47. The predicted octanol–water partition coefficient (Wildman–Crippen LogP) is 3.56. The van der Waals surface area contributed by atoms with Crippen LogP contribution in [-0.2, 0) is 11.8 Å². The second kappa shape index (κ2) is 7.98. The van der Waals surface area contributed by atoms with E-state index >= 15 is 0 Å². The molecule has 1 heterocycles. The van der Waals surface area contributed by atoms with Gasteiger partial charge in [0.25, 0.3) is 0 Å². The zero-order chi connectivity index (χ0) is 17.6. The highest BCUT2D eigenvalue weighted by atomic mass is 32.2. The molecule has 0 bridgehead atoms. The third kappa shape index (κ3) is 4.48. The van der Waals surface area contributed by atoms with Crippen molar-refractivity contribution in [2.45, 2.75) is 10.9 Å². The van der Waals surface area contributed by atoms with Crippen molar-refractivity contribution in [3.63, 3.8) is 0 Å². The molecule has 2 aromatic carbocycles. The van der Waals surface area contributed by atoms with Gasteiger partial charge in [0.2, 0.25) is 5.91 Å². The minimum atomic E-state index is -0.426. The minimum absolute atomic E-state index is 0.105. The fourth-order valence-electron chi connectivity index (χ4n) is 2.48. The Kier molecular flexibility index (Phi) is 5.50. The molecule has 0 aliphatic heterocycles. The number of nitrogens with one attached hydrogen (secondary N) is 1. The molecular formula is C19H18FN3OS. The number of hydrogen-bond acceptors (Lipinski definition) is 3. The summed E-state index contributed by atoms with van der Waals surface area (Å²) in [6.07, 6.45) is 3.49. The zero-order valence-corrected chi connectivity index (χ0v) is 14.5. The molecule has 6 heteroatoms. The van der Waals surface area contributed by atoms with Crippen molar-refractivity contribution in [2.75, 3.05) is 5.75 Å². The number of carbonyl (C=O) groups excluding carboxylic acids is 1. The Morgan fingerprint density at radius 2 is 1.92 bits per heavy atom. The first-order valence-electron chi connectivity index (χ1n) is 7.83. The first kappa shape index (κ1) is 17.2. The molecule has 0 fully saturated rings. The van der Waals surface area contributed by atoms with Crippen molar-refractivity contribution in [1.82, 2.24) is 14.9 Å². The number of carbonyl (C=O) groups is 1. The van der Waals surface area contributed by atoms with Gasteiger partial charge < -0.3 is 9.88 Å². The van der Waals surface area contributed by atoms with E-state index in [4.69, 9.17) is 0 Å². The van der Waals surface area contributed by atoms with Crippen molar-refractivity contribution >= 4 is 17.7 Å². The van der Waals surface area contributed by atoms with E-state index in [1.807, 2.05) is 48.1 Å². The van der Waals surface area contributed by atoms with Crippen LogP contribution in [0.4, 0.5) is 4.39 Å². The van der Waals surface area contributed by atoms with E-state index in [0.717, 1.165) is 10.5 Å². The van der Waals surface area contributed by atoms with Gasteiger partial charge in [-0.15, -0.1) is 11.8 Å². The molecule has 1 N–H and O–H groups in total. The Morgan fingerprint density at radius 3 is 2.56 bits per heavy atom. The SMILES string of the molecule is Cn1ccnc1C(NC(=O)CSc1ccccc1)c1ccc(F)cc1. The van der Waals surface area contributed by atoms with Crippen LogP contribution in [0.2, 0.25) is 0 Å². The standard InChI is InChI=1S/C19H18FN3OS/c1-23-12-11-21-19(23)18(14-7-9-15(20)10-8-14)22-17(24)13-25-16-5-3-2-4-6-16/h2-12,18H,13H2,1H3,(H,22,24). The van der Waals surface area contributed by atoms with E-state index in [9.17, 15) is 9.18 Å². The average molecular weight is 355 g/mol. The molecule has 25 heavy (non-hydrogen) atoms. The quantitative estimate of drug-likeness (QED) is 0.688. The molecule has 128 valence electrons. The van der Waals surface area contributed by atoms with Gasteiger partial charge in [-0.05, 0) is 29.8 Å². The van der Waals surface area contributed by atoms with Crippen LogP contribution in [0.3, 0.4) is 0 Å². The van der Waals surface area contributed by atoms with Crippen molar-refractivity contribution in [2.24, 2.45) is 7.05 Å². The lowest BCUT2D eigenvalue weighted by Gasteiger charge is -2.19. The molecule has 1 aromatic heterocycles. The lowest BCUT2D eigenvalue weighted by molar-refractivity contribution is -0.119. The number of halogens is 1. The first-order valence-corrected chi connectivity index (χ1v) is 8.82. The number of nitrogens with zero attached hydrogens (tertiary/aromatic N) is 2. The molecule has 1 amide bonds. The molecule has 0 saturated heterocycles. The maximum Gasteiger partial charge on any atom is 0.231 e. The van der Waals surface area contributed by atoms with E-state index in [0.29, 0.717) is 11.6 Å². The molecule has 0 aliphatic carbocycles. The monoisotopic (exact) mass is 355 g/mol. The maximum absolute atomic E-state index is 13.2. The van der Waals surface area contributed by atoms with Gasteiger partial charge >= 0.3 is 0 Å². The summed E-state index contributed by atoms with van der Waals surface area (Å²) in [5.41, 5.74) is 0.786. The van der Waals surface area contributed by atoms with Gasteiger partial charge in [0, 0.05) is 24.3 Å². The fourth-order valence-corrected chi connectivity index (χ4v) is 3.21. The van der Waals surface area contributed by atoms with E-state index in [-0.39, 0.29) is 11.7 Å². The number of amides is 1. The van der Waals surface area contributed by atoms with Gasteiger partial charge in [0.1, 0.15) is 17.7 Å². The van der Waals surface area contributed by atoms with Crippen molar-refractivity contribution in [3.8, 4) is 0 Å². The van der Waals surface area contributed by atoms with E-state index in [1.54, 1.807) is 18.3 Å². The van der Waals surface area contributed by atoms with Gasteiger partial charge in [0.05, 0.1) is 5.75 Å². The van der Waals surface area contributed by atoms with Gasteiger partial charge in [-0.25, -0.2) is 9.37 Å². The van der Waals surface area contributed by atoms with Crippen molar-refractivity contribution in [1.29, 1.82) is 0 Å². The highest BCUT2D eigenvalue weighted by Crippen LogP contribution is 2.22. The number of benzene rings is 2. The minimum Gasteiger partial charge on any atom is -0.341 e. The third-order valence-corrected chi connectivity index (χ3v) is 4.75. The van der Waals surface area contributed by atoms with Crippen LogP contribution < -0.4 is 5.32 Å². The van der Waals surface area contributed by atoms with Gasteiger partial charge in [-0.3, -0.25) is 4.79 Å². The Labute approximate surface area is 150 Å². The molecule has 0 radical (unpaired) electrons. The number of hydrogen-bond donors (Lipinski definition) is 1. The van der Waals surface area contributed by atoms with Crippen LogP contribution in [0.25, 0.3) is 0 Å². The average Bonchev–Trinajstić information content (AvgIpc) is 3.05. The number of aromatic nitrogens is 2. The lowest BCUT2D eigenvalue weighted by atomic mass is 10.1. The lowest BCUT2D eigenvalue weighted by Crippen LogP contribution is -2.32. The topological polar surface area (TPSA) is 46.9 Å². The molecule has 3 rings (SSSR count). The van der Waals surface area contributed by atoms with Crippen LogP contribution >= 0.6 is 11.8 Å². The maximum atomic E-state index is 13.2. The Hall–Kier alpha value is -2.60. The summed E-state index contributed by atoms with van der Waals surface area (Å²) in [7, 11) is 1.86. The summed E-state index contributed by atoms with van der Waals surface area (Å²) in [6.45, 7) is 0. The first-order chi connectivity index (χ1) is 12.1. The van der Waals surface area contributed by atoms with Crippen molar-refractivity contribution in [3.05, 3.63) is 84.2 Å². The number of imidazole rings is 1. The summed E-state index contributed by atoms with van der Waals surface area (Å²) < 4.78 is 15.1. The number of rotatable bonds is 6. The molecule has 3 aromatic rings. The van der Waals surface area contributed by atoms with Gasteiger partial charge in [-0.2, -0.15) is 0 Å². The van der Waals surface area contributed by atoms with E-state index in [2.05, 4.69) is 10.3 Å². The van der Waals surface area contributed by atoms with Crippen molar-refractivity contribution < 1.29 is 9.18 Å². The van der Waals surface area contributed by atoms with Gasteiger partial charge in [0.15, 0.2) is 0 Å². The molecular weight excluding hydrogens is 337 g/mol. The van der Waals surface area contributed by atoms with E-state index < -0.39 is 6.04 Å². The zero-order valence-electron chi connectivity index (χ0n) is 13.7. The molecule has 0 saturated carbocycles. The second-order valence-corrected chi connectivity index (χ2v) is 6.60. The molecule has 4 nitrogen and oxygen atoms in total. The normalized spacial score (nSPS) is 11.9. The highest BCUT2D eigenvalue weighted by molar-refractivity contribution is 8.00. The summed E-state index contributed by atoms with van der Waals surface area (Å²) in [5.74, 6) is 0.579. The second-order valence-electron chi connectivity index (χ2n) is 5.55. The van der Waals surface area contributed by atoms with Crippen LogP contribution in [0.1, 0.15) is 17.4 Å². The van der Waals surface area contributed by atoms with Crippen LogP contribution in [0.15, 0.2) is 71.9 Å². The highest BCUT2D eigenvalue weighted by Gasteiger charge is 2.20. The third-order valence-electron chi connectivity index (χ3n) is 3.74. The Morgan fingerprint density at radius 1 is 1.20 bits per heavy atom. The number of thioether (sulfide) groups is 1. The van der Waals surface area contributed by atoms with E-state index in [1.165, 1.54) is 23.9 Å². The largest absolute Gasteiger partial charge is 0.341 e. The molecule has 1 unspecified atom stereocenters. The number of aryl methyl sites for hydroxylation is 1. The molecule has 0 spiro atoms. The Bertz CT molecular complexity index is 833. The van der Waals surface area contributed by atoms with Crippen LogP contribution in [-0.4, -0.2) is 21.2 Å². The summed E-state index contributed by atoms with van der Waals surface area (Å²) in [4.78, 5) is 17.8. The van der Waals surface area contributed by atoms with Crippen LogP contribution in [0.5, 0.6) is 0 Å². The van der Waals surface area contributed by atoms with Gasteiger partial charge in [-0.1, -0.05) is 30.3 Å². The molecule has 0 aliphatic rings. The molecule has 1 atom stereocenters. The Balaban J connectivity index is 1.74. The fraction of sp³-hybridized carbons (Fsp3) is 0.158. The van der Waals surface area contributed by atoms with Crippen LogP contribution in [0, 0.1) is 5.82 Å². The smallest absolute Gasteiger partial charge is 0.231 e. The summed E-state index contributed by atoms with van der Waals surface area (Å²) in [6, 6.07) is 15.4. The summed E-state index contributed by atoms with van der Waals surface area (Å²) in [5, 5.41) is 3.00.